The van der Waals surface area contributed by atoms with Crippen LogP contribution in [0.2, 0.25) is 0 Å². The third-order valence-electron chi connectivity index (χ3n) is 7.13. The highest BCUT2D eigenvalue weighted by atomic mass is 16.4. The van der Waals surface area contributed by atoms with Crippen molar-refractivity contribution in [1.29, 1.82) is 0 Å². The summed E-state index contributed by atoms with van der Waals surface area (Å²) in [4.78, 5) is 25.4. The minimum Gasteiger partial charge on any atom is -0.480 e. The highest BCUT2D eigenvalue weighted by molar-refractivity contribution is 6.14. The number of hydrogen-bond donors (Lipinski definition) is 2. The lowest BCUT2D eigenvalue weighted by Crippen LogP contribution is -2.44. The second kappa shape index (κ2) is 11.5. The van der Waals surface area contributed by atoms with Crippen molar-refractivity contribution < 1.29 is 19.8 Å². The van der Waals surface area contributed by atoms with Crippen LogP contribution in [0.25, 0.3) is 11.1 Å². The van der Waals surface area contributed by atoms with E-state index in [4.69, 9.17) is 0 Å². The zero-order chi connectivity index (χ0) is 23.8. The first-order valence-corrected chi connectivity index (χ1v) is 12.7. The Morgan fingerprint density at radius 3 is 1.88 bits per heavy atom. The number of fused-ring (bicyclic) bond motifs is 3. The maximum Gasteiger partial charge on any atom is 0.330 e. The maximum atomic E-state index is 12.7. The third-order valence-corrected chi connectivity index (χ3v) is 7.13. The number of unbranched alkanes of at least 4 members (excludes halogenated alkanes) is 8. The van der Waals surface area contributed by atoms with Crippen molar-refractivity contribution in [2.75, 3.05) is 0 Å². The van der Waals surface area contributed by atoms with E-state index in [1.165, 1.54) is 32.1 Å². The third kappa shape index (κ3) is 4.85. The highest BCUT2D eigenvalue weighted by Crippen LogP contribution is 2.52. The normalized spacial score (nSPS) is 13.5. The molecule has 3 rings (SSSR count). The van der Waals surface area contributed by atoms with Crippen molar-refractivity contribution >= 4 is 11.9 Å². The summed E-state index contributed by atoms with van der Waals surface area (Å²) in [6.07, 6.45) is 12.9. The number of carbonyl (C=O) groups is 2. The van der Waals surface area contributed by atoms with Gasteiger partial charge in [-0.25, -0.2) is 0 Å². The molecular weight excluding hydrogens is 412 g/mol. The van der Waals surface area contributed by atoms with Crippen LogP contribution in [0.4, 0.5) is 0 Å². The fraction of sp³-hybridized carbons (Fsp3) is 0.517. The van der Waals surface area contributed by atoms with E-state index in [2.05, 4.69) is 19.9 Å². The van der Waals surface area contributed by atoms with E-state index < -0.39 is 17.4 Å². The van der Waals surface area contributed by atoms with Gasteiger partial charge in [0.2, 0.25) is 5.41 Å². The minimum absolute atomic E-state index is 0.382. The minimum atomic E-state index is -2.04. The molecule has 1 aliphatic carbocycles. The molecular formula is C29H38O4. The summed E-state index contributed by atoms with van der Waals surface area (Å²) in [6, 6.07) is 11.2. The molecule has 0 aromatic heterocycles. The maximum absolute atomic E-state index is 12.7. The van der Waals surface area contributed by atoms with Crippen LogP contribution >= 0.6 is 0 Å². The standard InChI is InChI=1S/C29H38O4/c1-3-5-7-9-11-15-21-19-20-24-23-17-13-14-18-25(23)29(27(30)31,28(32)33)26(24)22(21)16-12-10-8-6-4-2/h13-14,17-20H,3-12,15-16H2,1-2H3,(H,30,31)(H,32,33). The molecule has 0 saturated heterocycles. The second-order valence-electron chi connectivity index (χ2n) is 9.36. The van der Waals surface area contributed by atoms with Gasteiger partial charge >= 0.3 is 11.9 Å². The Bertz CT molecular complexity index is 962. The van der Waals surface area contributed by atoms with Crippen LogP contribution in [0.3, 0.4) is 0 Å². The molecule has 0 aliphatic heterocycles. The summed E-state index contributed by atoms with van der Waals surface area (Å²) in [6.45, 7) is 4.39. The van der Waals surface area contributed by atoms with E-state index in [1.807, 2.05) is 18.2 Å². The molecule has 4 nitrogen and oxygen atoms in total. The van der Waals surface area contributed by atoms with E-state index in [9.17, 15) is 19.8 Å². The summed E-state index contributed by atoms with van der Waals surface area (Å²) in [5.41, 5.74) is 2.44. The highest BCUT2D eigenvalue weighted by Gasteiger charge is 2.57. The second-order valence-corrected chi connectivity index (χ2v) is 9.36. The molecule has 0 saturated carbocycles. The van der Waals surface area contributed by atoms with Crippen molar-refractivity contribution in [2.45, 2.75) is 96.3 Å². The topological polar surface area (TPSA) is 74.6 Å². The van der Waals surface area contributed by atoms with E-state index in [0.29, 0.717) is 11.1 Å². The Hall–Kier alpha value is -2.62. The Labute approximate surface area is 198 Å². The molecule has 2 N–H and O–H groups in total. The molecule has 0 fully saturated rings. The lowest BCUT2D eigenvalue weighted by Gasteiger charge is -2.26. The van der Waals surface area contributed by atoms with Crippen LogP contribution in [0.15, 0.2) is 36.4 Å². The van der Waals surface area contributed by atoms with Crippen molar-refractivity contribution in [1.82, 2.24) is 0 Å². The van der Waals surface area contributed by atoms with Gasteiger partial charge in [0.25, 0.3) is 0 Å². The van der Waals surface area contributed by atoms with E-state index in [0.717, 1.165) is 67.2 Å². The molecule has 0 radical (unpaired) electrons. The molecule has 0 heterocycles. The van der Waals surface area contributed by atoms with E-state index >= 15 is 0 Å². The molecule has 0 unspecified atom stereocenters. The number of carboxylic acids is 2. The molecule has 0 atom stereocenters. The van der Waals surface area contributed by atoms with Gasteiger partial charge in [0.1, 0.15) is 0 Å². The summed E-state index contributed by atoms with van der Waals surface area (Å²) < 4.78 is 0. The van der Waals surface area contributed by atoms with Crippen molar-refractivity contribution in [3.63, 3.8) is 0 Å². The van der Waals surface area contributed by atoms with Gasteiger partial charge in [0.05, 0.1) is 0 Å². The lowest BCUT2D eigenvalue weighted by atomic mass is 9.74. The first kappa shape index (κ1) is 25.0. The first-order valence-electron chi connectivity index (χ1n) is 12.7. The fourth-order valence-electron chi connectivity index (χ4n) is 5.40. The van der Waals surface area contributed by atoms with Crippen LogP contribution in [-0.4, -0.2) is 22.2 Å². The molecule has 33 heavy (non-hydrogen) atoms. The molecule has 1 aliphatic rings. The molecule has 178 valence electrons. The smallest absolute Gasteiger partial charge is 0.330 e. The van der Waals surface area contributed by atoms with E-state index in [1.54, 1.807) is 12.1 Å². The Morgan fingerprint density at radius 2 is 1.27 bits per heavy atom. The summed E-state index contributed by atoms with van der Waals surface area (Å²) in [7, 11) is 0. The van der Waals surface area contributed by atoms with Crippen LogP contribution in [0.1, 0.15) is 100 Å². The number of carboxylic acid groups (broad SMARTS) is 2. The van der Waals surface area contributed by atoms with E-state index in [-0.39, 0.29) is 0 Å². The average molecular weight is 451 g/mol. The summed E-state index contributed by atoms with van der Waals surface area (Å²) in [5.74, 6) is -2.60. The predicted octanol–water partition coefficient (Wildman–Crippen LogP) is 7.15. The van der Waals surface area contributed by atoms with Crippen LogP contribution in [0.5, 0.6) is 0 Å². The zero-order valence-electron chi connectivity index (χ0n) is 20.2. The lowest BCUT2D eigenvalue weighted by molar-refractivity contribution is -0.155. The van der Waals surface area contributed by atoms with Gasteiger partial charge in [-0.1, -0.05) is 102 Å². The molecule has 0 bridgehead atoms. The molecule has 2 aromatic rings. The number of aliphatic carboxylic acids is 2. The molecule has 4 heteroatoms. The Balaban J connectivity index is 2.08. The number of aryl methyl sites for hydroxylation is 1. The summed E-state index contributed by atoms with van der Waals surface area (Å²) >= 11 is 0. The average Bonchev–Trinajstić information content (AvgIpc) is 3.11. The van der Waals surface area contributed by atoms with Gasteiger partial charge in [-0.3, -0.25) is 9.59 Å². The number of hydrogen-bond acceptors (Lipinski definition) is 2. The van der Waals surface area contributed by atoms with Gasteiger partial charge in [-0.15, -0.1) is 0 Å². The monoisotopic (exact) mass is 450 g/mol. The Morgan fingerprint density at radius 1 is 0.697 bits per heavy atom. The molecule has 0 spiro atoms. The van der Waals surface area contributed by atoms with Crippen LogP contribution < -0.4 is 0 Å². The number of rotatable bonds is 14. The Kier molecular flexibility index (Phi) is 8.71. The number of benzene rings is 2. The zero-order valence-corrected chi connectivity index (χ0v) is 20.2. The van der Waals surface area contributed by atoms with Crippen molar-refractivity contribution in [3.8, 4) is 11.1 Å². The van der Waals surface area contributed by atoms with Crippen molar-refractivity contribution in [3.05, 3.63) is 58.7 Å². The predicted molar refractivity (Wildman–Crippen MR) is 133 cm³/mol. The van der Waals surface area contributed by atoms with Gasteiger partial charge in [-0.05, 0) is 59.1 Å². The summed E-state index contributed by atoms with van der Waals surface area (Å²) in [5, 5.41) is 20.8. The van der Waals surface area contributed by atoms with Gasteiger partial charge in [0.15, 0.2) is 0 Å². The van der Waals surface area contributed by atoms with Gasteiger partial charge in [-0.2, -0.15) is 0 Å². The SMILES string of the molecule is CCCCCCCc1ccc2c(c1CCCCCCC)C(C(=O)O)(C(=O)O)c1ccccc1-2. The largest absolute Gasteiger partial charge is 0.480 e. The molecule has 0 amide bonds. The fourth-order valence-corrected chi connectivity index (χ4v) is 5.40. The van der Waals surface area contributed by atoms with Crippen LogP contribution in [-0.2, 0) is 27.8 Å². The van der Waals surface area contributed by atoms with Crippen LogP contribution in [0, 0.1) is 0 Å². The van der Waals surface area contributed by atoms with Gasteiger partial charge < -0.3 is 10.2 Å². The molecule has 2 aromatic carbocycles. The van der Waals surface area contributed by atoms with Gasteiger partial charge in [0, 0.05) is 0 Å². The van der Waals surface area contributed by atoms with Crippen molar-refractivity contribution in [2.24, 2.45) is 0 Å². The quantitative estimate of drug-likeness (QED) is 0.237. The first-order chi connectivity index (χ1) is 16.0.